The van der Waals surface area contributed by atoms with E-state index in [1.807, 2.05) is 17.0 Å². The molecule has 0 atom stereocenters. The summed E-state index contributed by atoms with van der Waals surface area (Å²) in [7, 11) is -3.56. The molecule has 29 heavy (non-hydrogen) atoms. The van der Waals surface area contributed by atoms with Crippen molar-refractivity contribution in [3.05, 3.63) is 59.0 Å². The van der Waals surface area contributed by atoms with Crippen LogP contribution in [0.1, 0.15) is 5.56 Å². The first kappa shape index (κ1) is 22.2. The monoisotopic (exact) mass is 414 g/mol. The second kappa shape index (κ2) is 10.5. The lowest BCUT2D eigenvalue weighted by Gasteiger charge is -2.22. The number of nitriles is 1. The maximum atomic E-state index is 11.5. The highest BCUT2D eigenvalue weighted by atomic mass is 32.2. The van der Waals surface area contributed by atoms with E-state index >= 15 is 0 Å². The summed E-state index contributed by atoms with van der Waals surface area (Å²) in [6, 6.07) is 15.6. The Morgan fingerprint density at radius 2 is 1.48 bits per heavy atom. The van der Waals surface area contributed by atoms with Crippen molar-refractivity contribution < 1.29 is 18.6 Å². The van der Waals surface area contributed by atoms with E-state index in [9.17, 15) is 8.42 Å². The van der Waals surface area contributed by atoms with Crippen molar-refractivity contribution in [2.75, 3.05) is 37.5 Å². The fourth-order valence-electron chi connectivity index (χ4n) is 2.47. The van der Waals surface area contributed by atoms with Gasteiger partial charge in [-0.2, -0.15) is 15.5 Å². The minimum atomic E-state index is -3.56. The van der Waals surface area contributed by atoms with E-state index in [-0.39, 0.29) is 18.1 Å². The van der Waals surface area contributed by atoms with Crippen molar-refractivity contribution in [1.29, 1.82) is 5.26 Å². The van der Waals surface area contributed by atoms with Crippen LogP contribution in [-0.2, 0) is 9.84 Å². The second-order valence-electron chi connectivity index (χ2n) is 6.13. The Labute approximate surface area is 170 Å². The fraction of sp³-hybridized carbons (Fsp3) is 0.250. The number of rotatable bonds is 9. The van der Waals surface area contributed by atoms with E-state index in [4.69, 9.17) is 15.5 Å². The van der Waals surface area contributed by atoms with Gasteiger partial charge in [-0.3, -0.25) is 0 Å². The van der Waals surface area contributed by atoms with Gasteiger partial charge in [-0.05, 0) is 48.0 Å². The van der Waals surface area contributed by atoms with Crippen LogP contribution in [0.25, 0.3) is 6.08 Å². The van der Waals surface area contributed by atoms with E-state index in [0.29, 0.717) is 30.0 Å². The Balaban J connectivity index is 2.10. The zero-order chi connectivity index (χ0) is 21.3. The molecular weight excluding hydrogens is 392 g/mol. The second-order valence-corrected chi connectivity index (χ2v) is 8.12. The molecule has 0 amide bonds. The lowest BCUT2D eigenvalue weighted by atomic mass is 10.2. The number of anilines is 1. The molecule has 0 aliphatic rings. The first-order valence-corrected chi connectivity index (χ1v) is 10.7. The normalized spacial score (nSPS) is 12.1. The van der Waals surface area contributed by atoms with Gasteiger partial charge in [0.15, 0.2) is 9.84 Å². The first-order chi connectivity index (χ1) is 13.9. The molecule has 2 aromatic rings. The molecule has 0 bridgehead atoms. The average molecular weight is 414 g/mol. The molecule has 0 fully saturated rings. The number of hydrogen-bond donors (Lipinski definition) is 2. The third-order valence-electron chi connectivity index (χ3n) is 3.94. The molecular formula is C20H22N4O4S. The zero-order valence-electron chi connectivity index (χ0n) is 15.9. The van der Waals surface area contributed by atoms with E-state index in [1.54, 1.807) is 42.5 Å². The maximum absolute atomic E-state index is 11.5. The molecule has 8 nitrogen and oxygen atoms in total. The van der Waals surface area contributed by atoms with Crippen LogP contribution in [0.15, 0.2) is 63.7 Å². The Bertz CT molecular complexity index is 1000. The molecule has 2 N–H and O–H groups in total. The van der Waals surface area contributed by atoms with Crippen molar-refractivity contribution in [3.8, 4) is 6.07 Å². The van der Waals surface area contributed by atoms with Crippen molar-refractivity contribution >= 4 is 33.0 Å². The number of aliphatic hydroxyl groups excluding tert-OH is 2. The molecule has 0 aromatic heterocycles. The van der Waals surface area contributed by atoms with Crippen molar-refractivity contribution in [2.24, 2.45) is 10.2 Å². The molecule has 0 unspecified atom stereocenters. The van der Waals surface area contributed by atoms with Crippen LogP contribution >= 0.6 is 0 Å². The van der Waals surface area contributed by atoms with Crippen LogP contribution in [0.4, 0.5) is 17.1 Å². The molecule has 0 radical (unpaired) electrons. The van der Waals surface area contributed by atoms with Crippen molar-refractivity contribution in [2.45, 2.75) is 0 Å². The highest BCUT2D eigenvalue weighted by Crippen LogP contribution is 2.23. The molecule has 2 aromatic carbocycles. The highest BCUT2D eigenvalue weighted by molar-refractivity contribution is 7.95. The maximum Gasteiger partial charge on any atom is 0.185 e. The smallest absolute Gasteiger partial charge is 0.185 e. The molecule has 0 saturated carbocycles. The minimum Gasteiger partial charge on any atom is -0.395 e. The van der Waals surface area contributed by atoms with Crippen LogP contribution in [-0.4, -0.2) is 51.2 Å². The SMILES string of the molecule is CS(=O)(=O)/C(C#N)=C\c1ccc(N=Nc2ccc(N(CCO)CCO)cc2)cc1. The molecule has 0 saturated heterocycles. The van der Waals surface area contributed by atoms with Crippen LogP contribution < -0.4 is 4.90 Å². The van der Waals surface area contributed by atoms with Gasteiger partial charge in [-0.15, -0.1) is 0 Å². The topological polar surface area (TPSA) is 126 Å². The molecule has 9 heteroatoms. The number of aliphatic hydroxyl groups is 2. The molecule has 2 rings (SSSR count). The van der Waals surface area contributed by atoms with Gasteiger partial charge in [0.25, 0.3) is 0 Å². The summed E-state index contributed by atoms with van der Waals surface area (Å²) in [6.07, 6.45) is 2.29. The average Bonchev–Trinajstić information content (AvgIpc) is 2.70. The van der Waals surface area contributed by atoms with Gasteiger partial charge in [0.05, 0.1) is 24.6 Å². The predicted molar refractivity (Wildman–Crippen MR) is 112 cm³/mol. The van der Waals surface area contributed by atoms with Gasteiger partial charge in [-0.25, -0.2) is 8.42 Å². The summed E-state index contributed by atoms with van der Waals surface area (Å²) in [6.45, 7) is 0.837. The quantitative estimate of drug-likeness (QED) is 0.480. The summed E-state index contributed by atoms with van der Waals surface area (Å²) in [4.78, 5) is 1.56. The van der Waals surface area contributed by atoms with Gasteiger partial charge >= 0.3 is 0 Å². The Kier molecular flexibility index (Phi) is 8.03. The van der Waals surface area contributed by atoms with Crippen molar-refractivity contribution in [1.82, 2.24) is 0 Å². The van der Waals surface area contributed by atoms with E-state index in [2.05, 4.69) is 10.2 Å². The lowest BCUT2D eigenvalue weighted by Crippen LogP contribution is -2.29. The number of sulfone groups is 1. The van der Waals surface area contributed by atoms with Gasteiger partial charge in [0.1, 0.15) is 11.0 Å². The molecule has 0 spiro atoms. The number of hydrogen-bond acceptors (Lipinski definition) is 8. The summed E-state index contributed by atoms with van der Waals surface area (Å²) >= 11 is 0. The largest absolute Gasteiger partial charge is 0.395 e. The molecule has 0 heterocycles. The standard InChI is InChI=1S/C20H22N4O4S/c1-29(27,28)20(15-21)14-16-2-4-17(5-3-16)22-23-18-6-8-19(9-7-18)24(10-12-25)11-13-26/h2-9,14,25-26H,10-13H2,1H3/b20-14-,23-22?. The summed E-state index contributed by atoms with van der Waals surface area (Å²) < 4.78 is 23.0. The number of benzene rings is 2. The van der Waals surface area contributed by atoms with E-state index in [0.717, 1.165) is 11.9 Å². The summed E-state index contributed by atoms with van der Waals surface area (Å²) in [5, 5.41) is 35.5. The molecule has 152 valence electrons. The van der Waals surface area contributed by atoms with Crippen molar-refractivity contribution in [3.63, 3.8) is 0 Å². The van der Waals surface area contributed by atoms with Gasteiger partial charge < -0.3 is 15.1 Å². The fourth-order valence-corrected chi connectivity index (χ4v) is 2.98. The van der Waals surface area contributed by atoms with E-state index < -0.39 is 9.84 Å². The third-order valence-corrected chi connectivity index (χ3v) is 4.94. The number of nitrogens with zero attached hydrogens (tertiary/aromatic N) is 4. The Morgan fingerprint density at radius 1 is 1.00 bits per heavy atom. The Hall–Kier alpha value is -3.06. The van der Waals surface area contributed by atoms with Crippen LogP contribution in [0, 0.1) is 11.3 Å². The van der Waals surface area contributed by atoms with Crippen LogP contribution in [0.2, 0.25) is 0 Å². The van der Waals surface area contributed by atoms with Crippen LogP contribution in [0.5, 0.6) is 0 Å². The summed E-state index contributed by atoms with van der Waals surface area (Å²) in [5.74, 6) is 0. The first-order valence-electron chi connectivity index (χ1n) is 8.78. The summed E-state index contributed by atoms with van der Waals surface area (Å²) in [5.41, 5.74) is 2.64. The van der Waals surface area contributed by atoms with E-state index in [1.165, 1.54) is 6.08 Å². The Morgan fingerprint density at radius 3 is 1.90 bits per heavy atom. The zero-order valence-corrected chi connectivity index (χ0v) is 16.7. The minimum absolute atomic E-state index is 0.00725. The number of allylic oxidation sites excluding steroid dienone is 1. The third kappa shape index (κ3) is 6.80. The van der Waals surface area contributed by atoms with Crippen LogP contribution in [0.3, 0.4) is 0 Å². The van der Waals surface area contributed by atoms with Gasteiger partial charge in [0, 0.05) is 25.0 Å². The number of azo groups is 1. The van der Waals surface area contributed by atoms with Gasteiger partial charge in [0.2, 0.25) is 0 Å². The predicted octanol–water partition coefficient (Wildman–Crippen LogP) is 2.80. The highest BCUT2D eigenvalue weighted by Gasteiger charge is 2.10. The van der Waals surface area contributed by atoms with Gasteiger partial charge in [-0.1, -0.05) is 12.1 Å². The lowest BCUT2D eigenvalue weighted by molar-refractivity contribution is 0.281. The molecule has 0 aliphatic heterocycles. The molecule has 0 aliphatic carbocycles.